The summed E-state index contributed by atoms with van der Waals surface area (Å²) in [6.45, 7) is 8.40. The molecule has 0 amide bonds. The van der Waals surface area contributed by atoms with E-state index in [1.807, 2.05) is 27.0 Å². The van der Waals surface area contributed by atoms with Crippen LogP contribution in [0.2, 0.25) is 0 Å². The average Bonchev–Trinajstić information content (AvgIpc) is 3.67. The highest BCUT2D eigenvalue weighted by Crippen LogP contribution is 2.31. The maximum atomic E-state index is 9.41. The molecule has 0 aromatic carbocycles. The predicted octanol–water partition coefficient (Wildman–Crippen LogP) is 2.38. The van der Waals surface area contributed by atoms with E-state index in [1.165, 1.54) is 38.8 Å². The molecule has 1 aliphatic carbocycles. The van der Waals surface area contributed by atoms with E-state index < -0.39 is 6.35 Å². The van der Waals surface area contributed by atoms with E-state index in [0.29, 0.717) is 37.2 Å². The van der Waals surface area contributed by atoms with Crippen LogP contribution in [0.4, 0.5) is 0 Å². The molecule has 34 heavy (non-hydrogen) atoms. The molecule has 4 rings (SSSR count). The van der Waals surface area contributed by atoms with Gasteiger partial charge in [0.1, 0.15) is 0 Å². The molecule has 196 valence electrons. The lowest BCUT2D eigenvalue weighted by molar-refractivity contribution is 0.0135. The summed E-state index contributed by atoms with van der Waals surface area (Å²) in [5, 5.41) is 28.9. The molecular weight excluding hydrogens is 428 g/mol. The van der Waals surface area contributed by atoms with Crippen molar-refractivity contribution >= 4 is 17.6 Å². The van der Waals surface area contributed by atoms with Gasteiger partial charge >= 0.3 is 0 Å². The van der Waals surface area contributed by atoms with Gasteiger partial charge in [0.05, 0.1) is 0 Å². The van der Waals surface area contributed by atoms with Crippen molar-refractivity contribution in [3.63, 3.8) is 0 Å². The molecule has 3 aliphatic heterocycles. The zero-order valence-electron chi connectivity index (χ0n) is 21.3. The summed E-state index contributed by atoms with van der Waals surface area (Å²) >= 11 is 0. The molecule has 1 saturated heterocycles. The largest absolute Gasteiger partial charge is 0.402 e. The zero-order chi connectivity index (χ0) is 25.1. The normalized spacial score (nSPS) is 27.7. The average molecular weight is 479 g/mol. The molecule has 1 saturated carbocycles. The standard InChI is InChI=1S/C12H19N5O.C11H21N3.C2H6.2H2/c13-10-3-6-17(12(15)18)7-9(10)11(14)8-1-4-16-5-2-8;1-13-11-7-9(11)10(12)8-14-5-3-2-4-6-14;1-2;;/h1,4-5,8,12,14,18H,2-3,6-7,13,15H2;9,11-13H,2-8H2,1H3;1-2H3;2*1H. The van der Waals surface area contributed by atoms with Crippen LogP contribution in [0.1, 0.15) is 55.2 Å². The van der Waals surface area contributed by atoms with Crippen LogP contribution in [0.5, 0.6) is 0 Å². The summed E-state index contributed by atoms with van der Waals surface area (Å²) in [6, 6.07) is 0.604. The fourth-order valence-corrected chi connectivity index (χ4v) is 4.56. The van der Waals surface area contributed by atoms with Gasteiger partial charge in [-0.05, 0) is 45.8 Å². The van der Waals surface area contributed by atoms with Gasteiger partial charge in [0.2, 0.25) is 0 Å². The first-order chi connectivity index (χ1) is 16.4. The molecule has 4 atom stereocenters. The van der Waals surface area contributed by atoms with E-state index in [4.69, 9.17) is 22.3 Å². The number of aliphatic hydroxyl groups excluding tert-OH is 1. The third-order valence-electron chi connectivity index (χ3n) is 6.81. The smallest absolute Gasteiger partial charge is 0.160 e. The molecule has 9 nitrogen and oxygen atoms in total. The lowest BCUT2D eigenvalue weighted by atomic mass is 9.90. The number of piperidine rings is 1. The van der Waals surface area contributed by atoms with Crippen LogP contribution in [0.25, 0.3) is 0 Å². The van der Waals surface area contributed by atoms with E-state index in [1.54, 1.807) is 17.3 Å². The van der Waals surface area contributed by atoms with Crippen LogP contribution in [-0.4, -0.2) is 84.7 Å². The fourth-order valence-electron chi connectivity index (χ4n) is 4.56. The highest BCUT2D eigenvalue weighted by atomic mass is 16.3. The van der Waals surface area contributed by atoms with Gasteiger partial charge in [-0.15, -0.1) is 0 Å². The summed E-state index contributed by atoms with van der Waals surface area (Å²) < 4.78 is 0. The second kappa shape index (κ2) is 14.5. The molecule has 0 radical (unpaired) electrons. The Morgan fingerprint density at radius 2 is 1.97 bits per heavy atom. The van der Waals surface area contributed by atoms with Crippen molar-refractivity contribution in [2.24, 2.45) is 28.3 Å². The van der Waals surface area contributed by atoms with E-state index in [9.17, 15) is 5.11 Å². The number of hydrogen-bond acceptors (Lipinski definition) is 9. The topological polar surface area (TPSA) is 151 Å². The molecule has 2 fully saturated rings. The highest BCUT2D eigenvalue weighted by molar-refractivity contribution is 6.02. The quantitative estimate of drug-likeness (QED) is 0.244. The Morgan fingerprint density at radius 3 is 2.53 bits per heavy atom. The van der Waals surface area contributed by atoms with Gasteiger partial charge in [-0.1, -0.05) is 26.3 Å². The number of nitrogens with one attached hydrogen (secondary N) is 3. The van der Waals surface area contributed by atoms with Crippen molar-refractivity contribution in [1.29, 1.82) is 10.8 Å². The molecule has 0 aromatic rings. The van der Waals surface area contributed by atoms with Gasteiger partial charge in [-0.2, -0.15) is 0 Å². The molecule has 4 unspecified atom stereocenters. The first kappa shape index (κ1) is 28.3. The minimum absolute atomic E-state index is 0. The highest BCUT2D eigenvalue weighted by Gasteiger charge is 2.39. The first-order valence-electron chi connectivity index (χ1n) is 12.8. The van der Waals surface area contributed by atoms with Gasteiger partial charge in [0.15, 0.2) is 6.35 Å². The Hall–Kier alpha value is -1.91. The van der Waals surface area contributed by atoms with Crippen molar-refractivity contribution in [2.45, 2.75) is 64.8 Å². The summed E-state index contributed by atoms with van der Waals surface area (Å²) in [5.74, 6) is 0.563. The Balaban J connectivity index is 0.000000618. The maximum Gasteiger partial charge on any atom is 0.160 e. The lowest BCUT2D eigenvalue weighted by Crippen LogP contribution is -2.47. The predicted molar refractivity (Wildman–Crippen MR) is 146 cm³/mol. The molecule has 4 aliphatic rings. The van der Waals surface area contributed by atoms with Gasteiger partial charge in [-0.3, -0.25) is 20.5 Å². The summed E-state index contributed by atoms with van der Waals surface area (Å²) in [6.07, 6.45) is 11.0. The van der Waals surface area contributed by atoms with Gasteiger partial charge < -0.3 is 27.0 Å². The number of likely N-dealkylation sites (tertiary alicyclic amines) is 1. The molecule has 3 heterocycles. The van der Waals surface area contributed by atoms with E-state index in [2.05, 4.69) is 15.2 Å². The SMILES string of the molecule is CC.CNC1CC1C(=N)CN1CCCCC1.N=C(C1=C(N)CCN(C(N)O)C1)C1C=CN=CC1.[HH].[HH]. The van der Waals surface area contributed by atoms with E-state index in [0.717, 1.165) is 29.9 Å². The van der Waals surface area contributed by atoms with Crippen LogP contribution in [0.15, 0.2) is 28.5 Å². The Labute approximate surface area is 208 Å². The lowest BCUT2D eigenvalue weighted by Gasteiger charge is -2.32. The van der Waals surface area contributed by atoms with Crippen molar-refractivity contribution in [2.75, 3.05) is 39.8 Å². The summed E-state index contributed by atoms with van der Waals surface area (Å²) in [4.78, 5) is 8.15. The summed E-state index contributed by atoms with van der Waals surface area (Å²) in [5.41, 5.74) is 14.4. The third-order valence-corrected chi connectivity index (χ3v) is 6.81. The molecule has 0 aromatic heterocycles. The molecule has 0 bridgehead atoms. The second-order valence-corrected chi connectivity index (χ2v) is 9.17. The minimum Gasteiger partial charge on any atom is -0.402 e. The zero-order valence-corrected chi connectivity index (χ0v) is 21.3. The number of nitrogens with two attached hydrogens (primary N) is 2. The monoisotopic (exact) mass is 478 g/mol. The van der Waals surface area contributed by atoms with Crippen LogP contribution in [0, 0.1) is 22.7 Å². The van der Waals surface area contributed by atoms with Gasteiger partial charge in [0, 0.05) is 81.9 Å². The molecule has 0 spiro atoms. The Morgan fingerprint density at radius 1 is 1.26 bits per heavy atom. The Kier molecular flexibility index (Phi) is 12.1. The van der Waals surface area contributed by atoms with Crippen LogP contribution in [0.3, 0.4) is 0 Å². The van der Waals surface area contributed by atoms with Gasteiger partial charge in [0.25, 0.3) is 0 Å². The van der Waals surface area contributed by atoms with Crippen LogP contribution in [-0.2, 0) is 0 Å². The number of aliphatic imine (C=N–C) groups is 1. The molecule has 8 N–H and O–H groups in total. The van der Waals surface area contributed by atoms with Crippen LogP contribution < -0.4 is 16.8 Å². The second-order valence-electron chi connectivity index (χ2n) is 9.17. The number of nitrogens with zero attached hydrogens (tertiary/aromatic N) is 3. The molecular formula is C25H50N8O. The Bertz CT molecular complexity index is 765. The number of rotatable bonds is 7. The van der Waals surface area contributed by atoms with Crippen molar-refractivity contribution < 1.29 is 7.96 Å². The van der Waals surface area contributed by atoms with Gasteiger partial charge in [-0.25, -0.2) is 0 Å². The summed E-state index contributed by atoms with van der Waals surface area (Å²) in [7, 11) is 2.00. The van der Waals surface area contributed by atoms with Crippen molar-refractivity contribution in [1.82, 2.24) is 15.1 Å². The first-order valence-corrected chi connectivity index (χ1v) is 12.8. The fraction of sp³-hybridized carbons (Fsp3) is 0.720. The van der Waals surface area contributed by atoms with E-state index >= 15 is 0 Å². The minimum atomic E-state index is -0.996. The third kappa shape index (κ3) is 8.39. The van der Waals surface area contributed by atoms with E-state index in [-0.39, 0.29) is 8.77 Å². The van der Waals surface area contributed by atoms with Crippen molar-refractivity contribution in [3.05, 3.63) is 23.5 Å². The maximum absolute atomic E-state index is 9.41. The molecule has 9 heteroatoms. The van der Waals surface area contributed by atoms with Crippen LogP contribution >= 0.6 is 0 Å². The van der Waals surface area contributed by atoms with Crippen molar-refractivity contribution in [3.8, 4) is 0 Å². The number of hydrogen-bond donors (Lipinski definition) is 6. The number of allylic oxidation sites excluding steroid dienone is 1. The number of aliphatic hydroxyl groups is 1.